The molecule has 0 atom stereocenters. The number of aromatic carboxylic acids is 1. The van der Waals surface area contributed by atoms with E-state index in [0.717, 1.165) is 25.1 Å². The van der Waals surface area contributed by atoms with Crippen LogP contribution in [-0.2, 0) is 0 Å². The number of carboxylic acid groups (broad SMARTS) is 1. The van der Waals surface area contributed by atoms with Crippen LogP contribution in [0.25, 0.3) is 0 Å². The molecule has 0 unspecified atom stereocenters. The van der Waals surface area contributed by atoms with Crippen LogP contribution in [0, 0.1) is 0 Å². The zero-order valence-corrected chi connectivity index (χ0v) is 9.62. The SMILES string of the molecule is CCCCNc1cc(C(=O)O)ccc1OC. The van der Waals surface area contributed by atoms with Crippen LogP contribution in [0.2, 0.25) is 0 Å². The molecule has 0 bridgehead atoms. The molecule has 0 amide bonds. The number of carbonyl (C=O) groups is 1. The highest BCUT2D eigenvalue weighted by Gasteiger charge is 2.08. The van der Waals surface area contributed by atoms with Gasteiger partial charge < -0.3 is 15.2 Å². The summed E-state index contributed by atoms with van der Waals surface area (Å²) < 4.78 is 5.16. The minimum absolute atomic E-state index is 0.264. The standard InChI is InChI=1S/C12H17NO3/c1-3-4-7-13-10-8-9(12(14)15)5-6-11(10)16-2/h5-6,8,13H,3-4,7H2,1-2H3,(H,14,15). The molecule has 0 aliphatic carbocycles. The predicted octanol–water partition coefficient (Wildman–Crippen LogP) is 2.61. The first kappa shape index (κ1) is 12.4. The molecule has 1 rings (SSSR count). The molecule has 0 aromatic heterocycles. The van der Waals surface area contributed by atoms with E-state index in [0.29, 0.717) is 5.75 Å². The van der Waals surface area contributed by atoms with Crippen LogP contribution < -0.4 is 10.1 Å². The predicted molar refractivity (Wildman–Crippen MR) is 63.4 cm³/mol. The number of rotatable bonds is 6. The van der Waals surface area contributed by atoms with Gasteiger partial charge in [-0.25, -0.2) is 4.79 Å². The van der Waals surface area contributed by atoms with Crippen LogP contribution in [0.1, 0.15) is 30.1 Å². The Morgan fingerprint density at radius 3 is 2.81 bits per heavy atom. The first-order chi connectivity index (χ1) is 7.69. The molecule has 0 spiro atoms. The van der Waals surface area contributed by atoms with Gasteiger partial charge in [-0.2, -0.15) is 0 Å². The summed E-state index contributed by atoms with van der Waals surface area (Å²) in [7, 11) is 1.57. The molecule has 2 N–H and O–H groups in total. The smallest absolute Gasteiger partial charge is 0.335 e. The van der Waals surface area contributed by atoms with Crippen molar-refractivity contribution in [1.82, 2.24) is 0 Å². The van der Waals surface area contributed by atoms with E-state index in [-0.39, 0.29) is 5.56 Å². The fourth-order valence-corrected chi connectivity index (χ4v) is 1.38. The van der Waals surface area contributed by atoms with Gasteiger partial charge in [0, 0.05) is 6.54 Å². The van der Waals surface area contributed by atoms with Crippen molar-refractivity contribution in [1.29, 1.82) is 0 Å². The largest absolute Gasteiger partial charge is 0.495 e. The van der Waals surface area contributed by atoms with Gasteiger partial charge in [-0.15, -0.1) is 0 Å². The van der Waals surface area contributed by atoms with Crippen LogP contribution in [0.4, 0.5) is 5.69 Å². The van der Waals surface area contributed by atoms with E-state index in [4.69, 9.17) is 9.84 Å². The molecule has 16 heavy (non-hydrogen) atoms. The Morgan fingerprint density at radius 2 is 2.25 bits per heavy atom. The maximum Gasteiger partial charge on any atom is 0.335 e. The summed E-state index contributed by atoms with van der Waals surface area (Å²) in [6.07, 6.45) is 2.13. The second-order valence-corrected chi connectivity index (χ2v) is 3.50. The molecular formula is C12H17NO3. The number of carboxylic acids is 1. The van der Waals surface area contributed by atoms with Crippen LogP contribution in [0.5, 0.6) is 5.75 Å². The number of ether oxygens (including phenoxy) is 1. The lowest BCUT2D eigenvalue weighted by Crippen LogP contribution is -2.05. The van der Waals surface area contributed by atoms with Gasteiger partial charge in [-0.3, -0.25) is 0 Å². The van der Waals surface area contributed by atoms with Crippen molar-refractivity contribution >= 4 is 11.7 Å². The van der Waals surface area contributed by atoms with Crippen LogP contribution >= 0.6 is 0 Å². The molecule has 0 saturated heterocycles. The summed E-state index contributed by atoms with van der Waals surface area (Å²) in [5.41, 5.74) is 0.996. The summed E-state index contributed by atoms with van der Waals surface area (Å²) in [5.74, 6) is -0.262. The van der Waals surface area contributed by atoms with E-state index in [1.807, 2.05) is 0 Å². The van der Waals surface area contributed by atoms with Gasteiger partial charge in [-0.05, 0) is 24.6 Å². The number of anilines is 1. The normalized spacial score (nSPS) is 9.88. The summed E-state index contributed by atoms with van der Waals surface area (Å²) in [4.78, 5) is 10.8. The number of hydrogen-bond donors (Lipinski definition) is 2. The lowest BCUT2D eigenvalue weighted by molar-refractivity contribution is 0.0697. The van der Waals surface area contributed by atoms with Crippen molar-refractivity contribution in [3.63, 3.8) is 0 Å². The molecule has 88 valence electrons. The Balaban J connectivity index is 2.84. The van der Waals surface area contributed by atoms with Crippen molar-refractivity contribution in [2.75, 3.05) is 19.0 Å². The van der Waals surface area contributed by atoms with Crippen LogP contribution in [0.3, 0.4) is 0 Å². The number of unbranched alkanes of at least 4 members (excludes halogenated alkanes) is 1. The summed E-state index contributed by atoms with van der Waals surface area (Å²) in [6.45, 7) is 2.92. The molecule has 0 fully saturated rings. The average molecular weight is 223 g/mol. The number of hydrogen-bond acceptors (Lipinski definition) is 3. The summed E-state index contributed by atoms with van der Waals surface area (Å²) >= 11 is 0. The van der Waals surface area contributed by atoms with Gasteiger partial charge in [0.25, 0.3) is 0 Å². The Bertz CT molecular complexity index is 363. The number of methoxy groups -OCH3 is 1. The average Bonchev–Trinajstić information content (AvgIpc) is 2.29. The lowest BCUT2D eigenvalue weighted by Gasteiger charge is -2.11. The van der Waals surface area contributed by atoms with Crippen LogP contribution in [0.15, 0.2) is 18.2 Å². The Hall–Kier alpha value is -1.71. The molecule has 4 heteroatoms. The zero-order chi connectivity index (χ0) is 12.0. The van der Waals surface area contributed by atoms with E-state index in [9.17, 15) is 4.79 Å². The van der Waals surface area contributed by atoms with Crippen molar-refractivity contribution < 1.29 is 14.6 Å². The lowest BCUT2D eigenvalue weighted by atomic mass is 10.2. The fourth-order valence-electron chi connectivity index (χ4n) is 1.38. The van der Waals surface area contributed by atoms with Crippen molar-refractivity contribution in [2.45, 2.75) is 19.8 Å². The summed E-state index contributed by atoms with van der Waals surface area (Å²) in [6, 6.07) is 4.79. The van der Waals surface area contributed by atoms with Gasteiger partial charge in [-0.1, -0.05) is 13.3 Å². The van der Waals surface area contributed by atoms with E-state index in [1.165, 1.54) is 6.07 Å². The van der Waals surface area contributed by atoms with E-state index in [1.54, 1.807) is 19.2 Å². The first-order valence-electron chi connectivity index (χ1n) is 5.34. The van der Waals surface area contributed by atoms with Gasteiger partial charge >= 0.3 is 5.97 Å². The molecule has 1 aromatic rings. The molecule has 0 aliphatic heterocycles. The van der Waals surface area contributed by atoms with Crippen molar-refractivity contribution in [3.8, 4) is 5.75 Å². The van der Waals surface area contributed by atoms with Gasteiger partial charge in [0.05, 0.1) is 18.4 Å². The minimum atomic E-state index is -0.929. The van der Waals surface area contributed by atoms with Gasteiger partial charge in [0.15, 0.2) is 0 Å². The quantitative estimate of drug-likeness (QED) is 0.728. The third kappa shape index (κ3) is 3.15. The summed E-state index contributed by atoms with van der Waals surface area (Å²) in [5, 5.41) is 12.0. The minimum Gasteiger partial charge on any atom is -0.495 e. The molecule has 0 aliphatic rings. The Labute approximate surface area is 95.2 Å². The Kier molecular flexibility index (Phi) is 4.64. The van der Waals surface area contributed by atoms with Crippen molar-refractivity contribution in [3.05, 3.63) is 23.8 Å². The maximum atomic E-state index is 10.8. The topological polar surface area (TPSA) is 58.6 Å². The van der Waals surface area contributed by atoms with Crippen molar-refractivity contribution in [2.24, 2.45) is 0 Å². The molecule has 0 heterocycles. The van der Waals surface area contributed by atoms with E-state index < -0.39 is 5.97 Å². The third-order valence-electron chi connectivity index (χ3n) is 2.29. The number of nitrogens with one attached hydrogen (secondary N) is 1. The molecule has 1 aromatic carbocycles. The highest BCUT2D eigenvalue weighted by molar-refractivity contribution is 5.89. The second kappa shape index (κ2) is 6.00. The number of benzene rings is 1. The third-order valence-corrected chi connectivity index (χ3v) is 2.29. The van der Waals surface area contributed by atoms with Gasteiger partial charge in [0.2, 0.25) is 0 Å². The monoisotopic (exact) mass is 223 g/mol. The molecule has 0 radical (unpaired) electrons. The molecular weight excluding hydrogens is 206 g/mol. The van der Waals surface area contributed by atoms with Gasteiger partial charge in [0.1, 0.15) is 5.75 Å². The molecule has 0 saturated carbocycles. The van der Waals surface area contributed by atoms with E-state index >= 15 is 0 Å². The molecule has 4 nitrogen and oxygen atoms in total. The first-order valence-corrected chi connectivity index (χ1v) is 5.34. The second-order valence-electron chi connectivity index (χ2n) is 3.50. The zero-order valence-electron chi connectivity index (χ0n) is 9.62. The highest BCUT2D eigenvalue weighted by Crippen LogP contribution is 2.25. The van der Waals surface area contributed by atoms with Crippen LogP contribution in [-0.4, -0.2) is 24.7 Å². The maximum absolute atomic E-state index is 10.8. The fraction of sp³-hybridized carbons (Fsp3) is 0.417. The van der Waals surface area contributed by atoms with E-state index in [2.05, 4.69) is 12.2 Å². The highest BCUT2D eigenvalue weighted by atomic mass is 16.5. The Morgan fingerprint density at radius 1 is 1.50 bits per heavy atom.